The summed E-state index contributed by atoms with van der Waals surface area (Å²) in [5.41, 5.74) is 0. The van der Waals surface area contributed by atoms with Gasteiger partial charge in [-0.3, -0.25) is 14.2 Å². The van der Waals surface area contributed by atoms with Crippen molar-refractivity contribution < 1.29 is 42.1 Å². The summed E-state index contributed by atoms with van der Waals surface area (Å²) in [6, 6.07) is 0. The molecule has 0 N–H and O–H groups in total. The summed E-state index contributed by atoms with van der Waals surface area (Å²) in [4.78, 5) is 37.8. The van der Waals surface area contributed by atoms with Gasteiger partial charge in [0.25, 0.3) is 7.82 Å². The summed E-state index contributed by atoms with van der Waals surface area (Å²) in [7, 11) is 1.10. The van der Waals surface area contributed by atoms with Crippen molar-refractivity contribution in [3.8, 4) is 0 Å². The van der Waals surface area contributed by atoms with Gasteiger partial charge in [-0.15, -0.1) is 0 Å². The van der Waals surface area contributed by atoms with Crippen LogP contribution < -0.4 is 4.89 Å². The predicted molar refractivity (Wildman–Crippen MR) is 332 cm³/mol. The van der Waals surface area contributed by atoms with Crippen LogP contribution in [0, 0.1) is 0 Å². The SMILES string of the molecule is CC/C=C\C/C=C\C/C=C\C/C=C\C/C=C\C/C=C\C/C=C\C/C=C\C/C=C\CCCCCCCCCCCC(=O)OC(COC(=O)CCC/C=C\C/C=C\C/C=C\C/C=C\C/C=C\CC)COP(=O)([O-])OCC[N+](C)(C)C. The second kappa shape index (κ2) is 57.1. The Kier molecular flexibility index (Phi) is 53.7. The largest absolute Gasteiger partial charge is 0.756 e. The van der Waals surface area contributed by atoms with E-state index in [4.69, 9.17) is 18.5 Å². The quantitative estimate of drug-likeness (QED) is 0.0195. The molecule has 9 nitrogen and oxygen atoms in total. The van der Waals surface area contributed by atoms with E-state index in [-0.39, 0.29) is 26.1 Å². The van der Waals surface area contributed by atoms with Gasteiger partial charge in [-0.25, -0.2) is 0 Å². The van der Waals surface area contributed by atoms with Crippen molar-refractivity contribution in [2.75, 3.05) is 47.5 Å². The molecule has 0 bridgehead atoms. The van der Waals surface area contributed by atoms with Crippen LogP contribution in [-0.2, 0) is 32.7 Å². The smallest absolute Gasteiger partial charge is 0.306 e. The van der Waals surface area contributed by atoms with Gasteiger partial charge in [0.05, 0.1) is 27.7 Å². The molecule has 78 heavy (non-hydrogen) atoms. The van der Waals surface area contributed by atoms with E-state index in [9.17, 15) is 19.0 Å². The third kappa shape index (κ3) is 60.6. The summed E-state index contributed by atoms with van der Waals surface area (Å²) < 4.78 is 34.0. The van der Waals surface area contributed by atoms with E-state index >= 15 is 0 Å². The highest BCUT2D eigenvalue weighted by Gasteiger charge is 2.21. The standard InChI is InChI=1S/C68H108NO8P/c1-6-8-10-12-14-16-18-20-22-24-25-26-27-28-29-30-31-32-33-34-35-36-37-38-39-40-41-42-43-45-47-49-51-53-55-57-59-61-68(71)77-66(65-76-78(72,73)75-63-62-69(3,4)5)64-74-67(70)60-58-56-54-52-50-48-46-44-23-21-19-17-15-13-11-9-7-2/h8-11,14-17,20-23,25-26,28-29,31-32,34-35,37-38,40-41,46,48,52,54,66H,6-7,12-13,18-19,24,27,30,33,36,39,42-45,47,49-51,53,55-65H2,1-5H3/b10-8-,11-9-,16-14-,17-15-,22-20-,23-21-,26-25-,29-28-,32-31-,35-34-,38-37-,41-40-,48-46-,54-52-. The maximum Gasteiger partial charge on any atom is 0.306 e. The Morgan fingerprint density at radius 2 is 0.705 bits per heavy atom. The van der Waals surface area contributed by atoms with E-state index in [2.05, 4.69) is 178 Å². The molecule has 0 aromatic heterocycles. The summed E-state index contributed by atoms with van der Waals surface area (Å²) in [5.74, 6) is -0.924. The highest BCUT2D eigenvalue weighted by Crippen LogP contribution is 2.38. The van der Waals surface area contributed by atoms with Gasteiger partial charge >= 0.3 is 11.9 Å². The monoisotopic (exact) mass is 1100 g/mol. The highest BCUT2D eigenvalue weighted by molar-refractivity contribution is 7.45. The lowest BCUT2D eigenvalue weighted by atomic mass is 10.1. The zero-order valence-corrected chi connectivity index (χ0v) is 50.4. The third-order valence-electron chi connectivity index (χ3n) is 11.7. The molecule has 0 aliphatic carbocycles. The molecule has 2 atom stereocenters. The molecule has 0 aliphatic heterocycles. The van der Waals surface area contributed by atoms with Gasteiger partial charge in [0.2, 0.25) is 0 Å². The summed E-state index contributed by atoms with van der Waals surface area (Å²) in [6.45, 7) is 3.90. The molecule has 0 saturated heterocycles. The minimum atomic E-state index is -4.66. The van der Waals surface area contributed by atoms with Crippen LogP contribution in [-0.4, -0.2) is 70.0 Å². The zero-order chi connectivity index (χ0) is 57.0. The molecule has 0 saturated carbocycles. The highest BCUT2D eigenvalue weighted by atomic mass is 31.2. The zero-order valence-electron chi connectivity index (χ0n) is 49.5. The Bertz CT molecular complexity index is 1920. The minimum Gasteiger partial charge on any atom is -0.756 e. The number of unbranched alkanes of at least 4 members (excludes halogenated alkanes) is 10. The normalized spacial score (nSPS) is 14.5. The lowest BCUT2D eigenvalue weighted by Gasteiger charge is -2.28. The van der Waals surface area contributed by atoms with E-state index in [1.54, 1.807) is 0 Å². The fourth-order valence-corrected chi connectivity index (χ4v) is 7.94. The number of hydrogen-bond donors (Lipinski definition) is 0. The predicted octanol–water partition coefficient (Wildman–Crippen LogP) is 18.4. The number of esters is 2. The number of ether oxygens (including phenoxy) is 2. The Hall–Kier alpha value is -4.63. The molecule has 0 heterocycles. The van der Waals surface area contributed by atoms with E-state index in [0.29, 0.717) is 23.9 Å². The molecule has 0 aliphatic rings. The van der Waals surface area contributed by atoms with Crippen LogP contribution in [0.3, 0.4) is 0 Å². The van der Waals surface area contributed by atoms with Crippen molar-refractivity contribution in [2.24, 2.45) is 0 Å². The van der Waals surface area contributed by atoms with Gasteiger partial charge in [0.1, 0.15) is 19.8 Å². The van der Waals surface area contributed by atoms with Crippen molar-refractivity contribution in [1.82, 2.24) is 0 Å². The number of phosphoric acid groups is 1. The molecular weight excluding hydrogens is 990 g/mol. The Balaban J connectivity index is 4.21. The maximum atomic E-state index is 12.8. The van der Waals surface area contributed by atoms with E-state index in [1.165, 1.54) is 32.1 Å². The number of carbonyl (C=O) groups excluding carboxylic acids is 2. The molecule has 2 unspecified atom stereocenters. The lowest BCUT2D eigenvalue weighted by molar-refractivity contribution is -0.870. The van der Waals surface area contributed by atoms with Crippen molar-refractivity contribution in [3.05, 3.63) is 170 Å². The van der Waals surface area contributed by atoms with Crippen LogP contribution in [0.4, 0.5) is 0 Å². The fraction of sp³-hybridized carbons (Fsp3) is 0.559. The maximum absolute atomic E-state index is 12.8. The number of likely N-dealkylation sites (N-methyl/N-ethyl adjacent to an activating group) is 1. The van der Waals surface area contributed by atoms with Crippen LogP contribution in [0.15, 0.2) is 170 Å². The molecule has 0 rings (SSSR count). The molecule has 438 valence electrons. The lowest BCUT2D eigenvalue weighted by Crippen LogP contribution is -2.37. The molecule has 0 aromatic carbocycles. The van der Waals surface area contributed by atoms with Gasteiger partial charge < -0.3 is 27.9 Å². The average molecular weight is 1100 g/mol. The van der Waals surface area contributed by atoms with Crippen LogP contribution >= 0.6 is 7.82 Å². The Morgan fingerprint density at radius 3 is 1.06 bits per heavy atom. The second-order valence-electron chi connectivity index (χ2n) is 20.2. The number of rotatable bonds is 52. The number of allylic oxidation sites excluding steroid dienone is 28. The van der Waals surface area contributed by atoms with Crippen molar-refractivity contribution >= 4 is 19.8 Å². The number of nitrogens with zero attached hydrogens (tertiary/aromatic N) is 1. The molecule has 0 amide bonds. The molecule has 0 fully saturated rings. The molecule has 10 heteroatoms. The second-order valence-corrected chi connectivity index (χ2v) is 21.7. The number of phosphoric ester groups is 1. The molecular formula is C68H108NO8P. The summed E-state index contributed by atoms with van der Waals surface area (Å²) in [6.07, 6.45) is 87.0. The first kappa shape index (κ1) is 73.4. The first-order valence-corrected chi connectivity index (χ1v) is 31.3. The average Bonchev–Trinajstić information content (AvgIpc) is 3.41. The molecule has 0 radical (unpaired) electrons. The van der Waals surface area contributed by atoms with Crippen LogP contribution in [0.2, 0.25) is 0 Å². The molecule has 0 spiro atoms. The third-order valence-corrected chi connectivity index (χ3v) is 12.7. The summed E-state index contributed by atoms with van der Waals surface area (Å²) >= 11 is 0. The Morgan fingerprint density at radius 1 is 0.397 bits per heavy atom. The first-order chi connectivity index (χ1) is 38.0. The molecule has 0 aromatic rings. The van der Waals surface area contributed by atoms with Gasteiger partial charge in [-0.1, -0.05) is 229 Å². The topological polar surface area (TPSA) is 111 Å². The van der Waals surface area contributed by atoms with Crippen LogP contribution in [0.1, 0.15) is 194 Å². The fourth-order valence-electron chi connectivity index (χ4n) is 7.21. The van der Waals surface area contributed by atoms with Crippen molar-refractivity contribution in [1.29, 1.82) is 0 Å². The van der Waals surface area contributed by atoms with E-state index in [1.807, 2.05) is 27.2 Å². The van der Waals surface area contributed by atoms with Gasteiger partial charge in [0.15, 0.2) is 6.10 Å². The number of quaternary nitrogens is 1. The van der Waals surface area contributed by atoms with Crippen LogP contribution in [0.5, 0.6) is 0 Å². The summed E-state index contributed by atoms with van der Waals surface area (Å²) in [5, 5.41) is 0. The van der Waals surface area contributed by atoms with Crippen LogP contribution in [0.25, 0.3) is 0 Å². The van der Waals surface area contributed by atoms with Gasteiger partial charge in [0, 0.05) is 12.8 Å². The minimum absolute atomic E-state index is 0.0506. The number of hydrogen-bond acceptors (Lipinski definition) is 8. The van der Waals surface area contributed by atoms with E-state index < -0.39 is 32.5 Å². The van der Waals surface area contributed by atoms with E-state index in [0.717, 1.165) is 122 Å². The van der Waals surface area contributed by atoms with Crippen molar-refractivity contribution in [2.45, 2.75) is 200 Å². The first-order valence-electron chi connectivity index (χ1n) is 29.8. The van der Waals surface area contributed by atoms with Crippen molar-refractivity contribution in [3.63, 3.8) is 0 Å². The Labute approximate surface area is 477 Å². The van der Waals surface area contributed by atoms with Gasteiger partial charge in [-0.2, -0.15) is 0 Å². The van der Waals surface area contributed by atoms with Gasteiger partial charge in [-0.05, 0) is 122 Å². The number of carbonyl (C=O) groups is 2.